The van der Waals surface area contributed by atoms with E-state index in [9.17, 15) is 0 Å². The van der Waals surface area contributed by atoms with Crippen LogP contribution in [0.15, 0.2) is 127 Å². The van der Waals surface area contributed by atoms with Crippen LogP contribution in [0.3, 0.4) is 0 Å². The van der Waals surface area contributed by atoms with Crippen LogP contribution in [0.2, 0.25) is 0 Å². The molecule has 0 bridgehead atoms. The number of hydrogen-bond acceptors (Lipinski definition) is 3. The van der Waals surface area contributed by atoms with Gasteiger partial charge in [0.25, 0.3) is 0 Å². The summed E-state index contributed by atoms with van der Waals surface area (Å²) in [5.74, 6) is 0. The molecule has 9 rings (SSSR count). The number of para-hydroxylation sites is 3. The third-order valence-corrected chi connectivity index (χ3v) is 11.2. The van der Waals surface area contributed by atoms with Gasteiger partial charge < -0.3 is 9.88 Å². The second kappa shape index (κ2) is 10.4. The van der Waals surface area contributed by atoms with Crippen molar-refractivity contribution in [3.63, 3.8) is 0 Å². The maximum atomic E-state index is 4.94. The predicted octanol–water partition coefficient (Wildman–Crippen LogP) is 12.4. The third-order valence-electron chi connectivity index (χ3n) is 10.3. The summed E-state index contributed by atoms with van der Waals surface area (Å²) >= 11 is 1.76. The van der Waals surface area contributed by atoms with Crippen LogP contribution in [0.4, 0.5) is 11.4 Å². The molecule has 4 heteroatoms. The fourth-order valence-electron chi connectivity index (χ4n) is 7.69. The summed E-state index contributed by atoms with van der Waals surface area (Å²) in [6.07, 6.45) is 1.94. The first-order chi connectivity index (χ1) is 23.2. The molecule has 8 aromatic rings. The molecule has 0 radical (unpaired) electrons. The summed E-state index contributed by atoms with van der Waals surface area (Å²) in [7, 11) is 0. The van der Waals surface area contributed by atoms with Gasteiger partial charge in [0.2, 0.25) is 0 Å². The van der Waals surface area contributed by atoms with Gasteiger partial charge in [-0.1, -0.05) is 101 Å². The second-order valence-electron chi connectivity index (χ2n) is 14.6. The molecule has 234 valence electrons. The first kappa shape index (κ1) is 29.0. The second-order valence-corrected chi connectivity index (χ2v) is 15.5. The Morgan fingerprint density at radius 2 is 1.50 bits per heavy atom. The van der Waals surface area contributed by atoms with Gasteiger partial charge in [0.1, 0.15) is 0 Å². The average Bonchev–Trinajstić information content (AvgIpc) is 3.70. The summed E-state index contributed by atoms with van der Waals surface area (Å²) in [6.45, 7) is 11.6. The van der Waals surface area contributed by atoms with Gasteiger partial charge in [0.15, 0.2) is 0 Å². The third kappa shape index (κ3) is 4.36. The molecule has 0 aliphatic carbocycles. The zero-order chi connectivity index (χ0) is 32.8. The maximum absolute atomic E-state index is 4.94. The summed E-state index contributed by atoms with van der Waals surface area (Å²) in [6, 6.07) is 42.6. The molecule has 0 saturated heterocycles. The molecule has 1 aliphatic rings. The lowest BCUT2D eigenvalue weighted by atomic mass is 9.73. The topological polar surface area (TPSA) is 29.9 Å². The van der Waals surface area contributed by atoms with Crippen LogP contribution in [0.1, 0.15) is 51.3 Å². The lowest BCUT2D eigenvalue weighted by molar-refractivity contribution is 0.590. The van der Waals surface area contributed by atoms with Gasteiger partial charge in [-0.05, 0) is 87.0 Å². The Hall–Kier alpha value is -5.19. The van der Waals surface area contributed by atoms with Gasteiger partial charge in [-0.15, -0.1) is 11.3 Å². The summed E-state index contributed by atoms with van der Waals surface area (Å²) in [5.41, 5.74) is 14.3. The van der Waals surface area contributed by atoms with E-state index in [0.29, 0.717) is 0 Å². The van der Waals surface area contributed by atoms with Crippen molar-refractivity contribution in [1.29, 1.82) is 0 Å². The van der Waals surface area contributed by atoms with Gasteiger partial charge in [-0.2, -0.15) is 0 Å². The van der Waals surface area contributed by atoms with Crippen LogP contribution in [-0.2, 0) is 10.8 Å². The number of fused-ring (bicyclic) bond motifs is 6. The van der Waals surface area contributed by atoms with Gasteiger partial charge in [-0.3, -0.25) is 4.98 Å². The largest absolute Gasteiger partial charge is 0.355 e. The van der Waals surface area contributed by atoms with Crippen molar-refractivity contribution in [3.05, 3.63) is 144 Å². The highest BCUT2D eigenvalue weighted by atomic mass is 32.1. The molecule has 48 heavy (non-hydrogen) atoms. The fraction of sp³-hybridized carbons (Fsp3) is 0.159. The van der Waals surface area contributed by atoms with Crippen LogP contribution in [0.25, 0.3) is 60.0 Å². The van der Waals surface area contributed by atoms with Crippen LogP contribution < -0.4 is 5.32 Å². The van der Waals surface area contributed by atoms with Crippen LogP contribution >= 0.6 is 11.3 Å². The fourth-order valence-corrected chi connectivity index (χ4v) is 8.60. The zero-order valence-electron chi connectivity index (χ0n) is 27.9. The van der Waals surface area contributed by atoms with E-state index < -0.39 is 0 Å². The molecule has 0 saturated carbocycles. The smallest absolute Gasteiger partial charge is 0.0880 e. The molecule has 1 aliphatic heterocycles. The van der Waals surface area contributed by atoms with Crippen LogP contribution in [0, 0.1) is 0 Å². The number of thiophene rings is 1. The van der Waals surface area contributed by atoms with E-state index in [1.165, 1.54) is 71.1 Å². The number of nitrogens with zero attached hydrogens (tertiary/aromatic N) is 2. The van der Waals surface area contributed by atoms with Crippen molar-refractivity contribution in [2.75, 3.05) is 5.32 Å². The monoisotopic (exact) mass is 639 g/mol. The Kier molecular flexibility index (Phi) is 6.28. The molecule has 0 amide bonds. The van der Waals surface area contributed by atoms with Crippen molar-refractivity contribution in [1.82, 2.24) is 9.55 Å². The maximum Gasteiger partial charge on any atom is 0.0880 e. The van der Waals surface area contributed by atoms with Crippen LogP contribution in [0.5, 0.6) is 0 Å². The minimum atomic E-state index is -0.116. The van der Waals surface area contributed by atoms with Gasteiger partial charge in [0, 0.05) is 44.9 Å². The Bertz CT molecular complexity index is 2560. The molecular formula is C44H37N3S. The van der Waals surface area contributed by atoms with E-state index in [2.05, 4.69) is 165 Å². The molecule has 0 unspecified atom stereocenters. The van der Waals surface area contributed by atoms with Crippen molar-refractivity contribution < 1.29 is 0 Å². The Morgan fingerprint density at radius 3 is 2.38 bits per heavy atom. The van der Waals surface area contributed by atoms with Crippen molar-refractivity contribution in [2.24, 2.45) is 0 Å². The minimum Gasteiger partial charge on any atom is -0.355 e. The van der Waals surface area contributed by atoms with Crippen molar-refractivity contribution >= 4 is 54.6 Å². The number of hydrogen-bond donors (Lipinski definition) is 1. The number of rotatable bonds is 3. The standard InChI is InChI=1S/C44H37N3S/c1-43(2,3)30-23-29(40-42-27(19-21-45-40)20-22-48-42)24-31(26-30)47-38-16-9-6-11-33(38)34-18-17-28(25-39(34)47)32-12-10-14-36-41(32)46-37-15-8-7-13-35(37)44(36,4)5/h6-26,46H,1-5H3. The van der Waals surface area contributed by atoms with E-state index in [4.69, 9.17) is 4.98 Å². The van der Waals surface area contributed by atoms with Gasteiger partial charge in [0.05, 0.1) is 27.1 Å². The molecule has 0 fully saturated rings. The van der Waals surface area contributed by atoms with E-state index >= 15 is 0 Å². The molecule has 5 aromatic carbocycles. The molecule has 0 spiro atoms. The lowest BCUT2D eigenvalue weighted by Crippen LogP contribution is -2.26. The summed E-state index contributed by atoms with van der Waals surface area (Å²) < 4.78 is 3.69. The number of anilines is 2. The molecule has 3 aromatic heterocycles. The summed E-state index contributed by atoms with van der Waals surface area (Å²) in [4.78, 5) is 4.94. The molecule has 4 heterocycles. The Balaban J connectivity index is 1.30. The van der Waals surface area contributed by atoms with E-state index in [1.807, 2.05) is 6.20 Å². The summed E-state index contributed by atoms with van der Waals surface area (Å²) in [5, 5.41) is 9.73. The average molecular weight is 640 g/mol. The highest BCUT2D eigenvalue weighted by Gasteiger charge is 2.33. The Morgan fingerprint density at radius 1 is 0.708 bits per heavy atom. The SMILES string of the molecule is CC(C)(C)c1cc(-c2nccc3ccsc23)cc(-n2c3ccccc3c3ccc(-c4cccc5c4Nc4ccccc4C5(C)C)cc32)c1. The lowest BCUT2D eigenvalue weighted by Gasteiger charge is -2.36. The Labute approximate surface area is 285 Å². The number of aromatic nitrogens is 2. The molecule has 1 N–H and O–H groups in total. The highest BCUT2D eigenvalue weighted by molar-refractivity contribution is 7.17. The number of benzene rings is 5. The zero-order valence-corrected chi connectivity index (χ0v) is 28.7. The van der Waals surface area contributed by atoms with Gasteiger partial charge >= 0.3 is 0 Å². The minimum absolute atomic E-state index is 0.0457. The van der Waals surface area contributed by atoms with Crippen LogP contribution in [-0.4, -0.2) is 9.55 Å². The first-order valence-corrected chi connectivity index (χ1v) is 17.6. The first-order valence-electron chi connectivity index (χ1n) is 16.7. The van der Waals surface area contributed by atoms with E-state index in [1.54, 1.807) is 11.3 Å². The number of nitrogens with one attached hydrogen (secondary N) is 1. The normalized spacial score (nSPS) is 13.9. The molecule has 0 atom stereocenters. The van der Waals surface area contributed by atoms with Gasteiger partial charge in [-0.25, -0.2) is 0 Å². The highest BCUT2D eigenvalue weighted by Crippen LogP contribution is 2.49. The van der Waals surface area contributed by atoms with E-state index in [-0.39, 0.29) is 10.8 Å². The van der Waals surface area contributed by atoms with Crippen molar-refractivity contribution in [3.8, 4) is 28.1 Å². The number of pyridine rings is 1. The van der Waals surface area contributed by atoms with Crippen molar-refractivity contribution in [2.45, 2.75) is 45.4 Å². The quantitative estimate of drug-likeness (QED) is 0.208. The van der Waals surface area contributed by atoms with E-state index in [0.717, 1.165) is 16.9 Å². The molecule has 3 nitrogen and oxygen atoms in total. The molecular weight excluding hydrogens is 603 g/mol. The predicted molar refractivity (Wildman–Crippen MR) is 205 cm³/mol.